The average molecular weight is 222 g/mol. The van der Waals surface area contributed by atoms with Crippen molar-refractivity contribution < 1.29 is 14.3 Å². The summed E-state index contributed by atoms with van der Waals surface area (Å²) in [6.07, 6.45) is 0.554. The summed E-state index contributed by atoms with van der Waals surface area (Å²) in [5.74, 6) is -0.0601. The topological polar surface area (TPSA) is 91.9 Å². The summed E-state index contributed by atoms with van der Waals surface area (Å²) in [5, 5.41) is 13.4. The molecule has 0 aromatic carbocycles. The Balaban J connectivity index is 2.49. The van der Waals surface area contributed by atoms with Crippen LogP contribution in [0, 0.1) is 6.92 Å². The molecule has 1 aliphatic rings. The van der Waals surface area contributed by atoms with Gasteiger partial charge in [0, 0.05) is 18.9 Å². The van der Waals surface area contributed by atoms with Gasteiger partial charge in [-0.1, -0.05) is 0 Å². The molecule has 0 saturated carbocycles. The Bertz CT molecular complexity index is 530. The van der Waals surface area contributed by atoms with Gasteiger partial charge < -0.3 is 9.52 Å². The Kier molecular flexibility index (Phi) is 2.47. The van der Waals surface area contributed by atoms with Crippen LogP contribution >= 0.6 is 0 Å². The Labute approximate surface area is 90.6 Å². The second kappa shape index (κ2) is 3.80. The molecule has 0 atom stereocenters. The zero-order valence-electron chi connectivity index (χ0n) is 8.61. The quantitative estimate of drug-likeness (QED) is 0.713. The molecule has 1 aliphatic heterocycles. The van der Waals surface area contributed by atoms with E-state index in [-0.39, 0.29) is 23.6 Å². The van der Waals surface area contributed by atoms with E-state index >= 15 is 0 Å². The van der Waals surface area contributed by atoms with E-state index in [1.54, 1.807) is 6.92 Å². The summed E-state index contributed by atoms with van der Waals surface area (Å²) in [5.41, 5.74) is 1.97. The predicted molar refractivity (Wildman–Crippen MR) is 55.3 cm³/mol. The zero-order valence-corrected chi connectivity index (χ0v) is 8.61. The lowest BCUT2D eigenvalue weighted by atomic mass is 10.1. The number of carbonyl (C=O) groups excluding carboxylic acids is 1. The van der Waals surface area contributed by atoms with E-state index in [0.717, 1.165) is 0 Å². The minimum absolute atomic E-state index is 0.0191. The molecule has 6 nitrogen and oxygen atoms in total. The van der Waals surface area contributed by atoms with Crippen LogP contribution in [-0.4, -0.2) is 16.7 Å². The number of nitrogens with zero attached hydrogens (tertiary/aromatic N) is 1. The summed E-state index contributed by atoms with van der Waals surface area (Å²) >= 11 is 0. The number of hydrogen-bond donors (Lipinski definition) is 2. The fourth-order valence-corrected chi connectivity index (χ4v) is 1.52. The van der Waals surface area contributed by atoms with Crippen molar-refractivity contribution in [2.45, 2.75) is 19.8 Å². The Morgan fingerprint density at radius 2 is 2.19 bits per heavy atom. The maximum absolute atomic E-state index is 11.5. The van der Waals surface area contributed by atoms with Crippen molar-refractivity contribution in [3.8, 4) is 5.75 Å². The van der Waals surface area contributed by atoms with Gasteiger partial charge in [-0.25, -0.2) is 10.2 Å². The first kappa shape index (κ1) is 10.4. The van der Waals surface area contributed by atoms with E-state index in [1.165, 1.54) is 6.07 Å². The van der Waals surface area contributed by atoms with Crippen LogP contribution in [0.4, 0.5) is 0 Å². The van der Waals surface area contributed by atoms with Crippen LogP contribution in [0.3, 0.4) is 0 Å². The number of hydrazone groups is 1. The number of nitrogens with one attached hydrogen (secondary N) is 1. The lowest BCUT2D eigenvalue weighted by molar-refractivity contribution is -0.121. The lowest BCUT2D eigenvalue weighted by Crippen LogP contribution is -2.28. The summed E-state index contributed by atoms with van der Waals surface area (Å²) in [7, 11) is 0. The van der Waals surface area contributed by atoms with Gasteiger partial charge in [0.25, 0.3) is 0 Å². The highest BCUT2D eigenvalue weighted by molar-refractivity contribution is 6.05. The predicted octanol–water partition coefficient (Wildman–Crippen LogP) is 0.268. The van der Waals surface area contributed by atoms with Crippen molar-refractivity contribution in [1.82, 2.24) is 5.43 Å². The molecule has 2 N–H and O–H groups in total. The molecule has 1 amide bonds. The minimum atomic E-state index is -0.646. The molecule has 6 heteroatoms. The molecule has 0 aliphatic carbocycles. The molecule has 0 fully saturated rings. The summed E-state index contributed by atoms with van der Waals surface area (Å²) in [4.78, 5) is 22.4. The van der Waals surface area contributed by atoms with Crippen molar-refractivity contribution in [2.24, 2.45) is 5.10 Å². The van der Waals surface area contributed by atoms with E-state index in [0.29, 0.717) is 17.9 Å². The number of carbonyl (C=O) groups is 1. The third kappa shape index (κ3) is 1.81. The molecular formula is C10H10N2O4. The lowest BCUT2D eigenvalue weighted by Gasteiger charge is -2.11. The van der Waals surface area contributed by atoms with Crippen LogP contribution in [-0.2, 0) is 4.79 Å². The van der Waals surface area contributed by atoms with Crippen molar-refractivity contribution in [1.29, 1.82) is 0 Å². The SMILES string of the molecule is Cc1cc(O)c(C2=NNC(=O)CC2)c(=O)o1. The maximum atomic E-state index is 11.5. The smallest absolute Gasteiger partial charge is 0.348 e. The van der Waals surface area contributed by atoms with E-state index in [1.807, 2.05) is 0 Å². The number of aryl methyl sites for hydroxylation is 1. The van der Waals surface area contributed by atoms with E-state index in [9.17, 15) is 14.7 Å². The largest absolute Gasteiger partial charge is 0.507 e. The van der Waals surface area contributed by atoms with E-state index < -0.39 is 5.63 Å². The molecule has 2 heterocycles. The molecule has 0 saturated heterocycles. The van der Waals surface area contributed by atoms with Crippen molar-refractivity contribution >= 4 is 11.6 Å². The fraction of sp³-hybridized carbons (Fsp3) is 0.300. The Morgan fingerprint density at radius 3 is 2.75 bits per heavy atom. The van der Waals surface area contributed by atoms with Gasteiger partial charge in [-0.05, 0) is 6.92 Å². The van der Waals surface area contributed by atoms with Gasteiger partial charge in [0.05, 0.1) is 5.71 Å². The van der Waals surface area contributed by atoms with Crippen molar-refractivity contribution in [2.75, 3.05) is 0 Å². The number of hydrogen-bond acceptors (Lipinski definition) is 5. The summed E-state index contributed by atoms with van der Waals surface area (Å²) < 4.78 is 4.86. The molecule has 0 unspecified atom stereocenters. The first-order valence-corrected chi connectivity index (χ1v) is 4.77. The minimum Gasteiger partial charge on any atom is -0.507 e. The fourth-order valence-electron chi connectivity index (χ4n) is 1.52. The molecule has 1 aromatic heterocycles. The second-order valence-electron chi connectivity index (χ2n) is 3.50. The highest BCUT2D eigenvalue weighted by Crippen LogP contribution is 2.18. The van der Waals surface area contributed by atoms with Gasteiger partial charge in [-0.3, -0.25) is 4.79 Å². The first-order valence-electron chi connectivity index (χ1n) is 4.77. The maximum Gasteiger partial charge on any atom is 0.348 e. The first-order chi connectivity index (χ1) is 7.58. The number of rotatable bonds is 1. The van der Waals surface area contributed by atoms with E-state index in [4.69, 9.17) is 4.42 Å². The Morgan fingerprint density at radius 1 is 1.44 bits per heavy atom. The molecular weight excluding hydrogens is 212 g/mol. The van der Waals surface area contributed by atoms with Crippen LogP contribution in [0.1, 0.15) is 24.2 Å². The molecule has 0 radical (unpaired) electrons. The van der Waals surface area contributed by atoms with Gasteiger partial charge in [0.15, 0.2) is 0 Å². The van der Waals surface area contributed by atoms with Gasteiger partial charge in [0.2, 0.25) is 5.91 Å². The van der Waals surface area contributed by atoms with Gasteiger partial charge >= 0.3 is 5.63 Å². The molecule has 84 valence electrons. The molecule has 0 bridgehead atoms. The number of aromatic hydroxyl groups is 1. The molecule has 2 rings (SSSR count). The standard InChI is InChI=1S/C10H10N2O4/c1-5-4-7(13)9(10(15)16-5)6-2-3-8(14)12-11-6/h4,13H,2-3H2,1H3,(H,12,14). The molecule has 16 heavy (non-hydrogen) atoms. The van der Waals surface area contributed by atoms with Gasteiger partial charge in [-0.2, -0.15) is 5.10 Å². The molecule has 1 aromatic rings. The highest BCUT2D eigenvalue weighted by Gasteiger charge is 2.20. The van der Waals surface area contributed by atoms with Crippen LogP contribution in [0.5, 0.6) is 5.75 Å². The second-order valence-corrected chi connectivity index (χ2v) is 3.50. The summed E-state index contributed by atoms with van der Waals surface area (Å²) in [6, 6.07) is 1.34. The monoisotopic (exact) mass is 222 g/mol. The average Bonchev–Trinajstić information content (AvgIpc) is 2.19. The zero-order chi connectivity index (χ0) is 11.7. The highest BCUT2D eigenvalue weighted by atomic mass is 16.4. The van der Waals surface area contributed by atoms with Crippen molar-refractivity contribution in [3.05, 3.63) is 27.8 Å². The van der Waals surface area contributed by atoms with Crippen LogP contribution in [0.25, 0.3) is 0 Å². The van der Waals surface area contributed by atoms with Crippen molar-refractivity contribution in [3.63, 3.8) is 0 Å². The van der Waals surface area contributed by atoms with Crippen LogP contribution in [0.15, 0.2) is 20.4 Å². The van der Waals surface area contributed by atoms with Gasteiger partial charge in [-0.15, -0.1) is 0 Å². The third-order valence-electron chi connectivity index (χ3n) is 2.25. The number of amides is 1. The normalized spacial score (nSPS) is 15.6. The third-order valence-corrected chi connectivity index (χ3v) is 2.25. The summed E-state index contributed by atoms with van der Waals surface area (Å²) in [6.45, 7) is 1.56. The van der Waals surface area contributed by atoms with Crippen LogP contribution < -0.4 is 11.1 Å². The van der Waals surface area contributed by atoms with E-state index in [2.05, 4.69) is 10.5 Å². The van der Waals surface area contributed by atoms with Crippen LogP contribution in [0.2, 0.25) is 0 Å². The molecule has 0 spiro atoms. The Hall–Kier alpha value is -2.11. The van der Waals surface area contributed by atoms with Gasteiger partial charge in [0.1, 0.15) is 17.1 Å².